The Kier molecular flexibility index (Phi) is 4.59. The average molecular weight is 294 g/mol. The third kappa shape index (κ3) is 4.42. The Morgan fingerprint density at radius 2 is 1.90 bits per heavy atom. The predicted molar refractivity (Wildman–Crippen MR) is 85.1 cm³/mol. The number of benzene rings is 1. The third-order valence-electron chi connectivity index (χ3n) is 4.04. The van der Waals surface area contributed by atoms with Gasteiger partial charge in [-0.2, -0.15) is 0 Å². The highest BCUT2D eigenvalue weighted by atomic mass is 19.1. The lowest BCUT2D eigenvalue weighted by Gasteiger charge is -2.38. The van der Waals surface area contributed by atoms with Crippen molar-refractivity contribution in [2.75, 3.05) is 18.0 Å². The maximum absolute atomic E-state index is 14.3. The molecule has 118 valence electrons. The second-order valence-corrected chi connectivity index (χ2v) is 7.34. The minimum absolute atomic E-state index is 0.00480. The average Bonchev–Trinajstić information content (AvgIpc) is 2.36. The maximum atomic E-state index is 14.3. The number of hydrogen-bond donors (Lipinski definition) is 2. The zero-order valence-corrected chi connectivity index (χ0v) is 13.5. The number of nitrogens with zero attached hydrogens (tertiary/aromatic N) is 1. The van der Waals surface area contributed by atoms with Gasteiger partial charge in [-0.25, -0.2) is 4.39 Å². The number of aliphatic hydroxyl groups is 1. The van der Waals surface area contributed by atoms with Crippen LogP contribution in [0.4, 0.5) is 10.1 Å². The van der Waals surface area contributed by atoms with Crippen molar-refractivity contribution in [1.29, 1.82) is 0 Å². The minimum Gasteiger partial charge on any atom is -0.390 e. The number of para-hydroxylation sites is 1. The van der Waals surface area contributed by atoms with Gasteiger partial charge in [0.25, 0.3) is 0 Å². The van der Waals surface area contributed by atoms with Crippen LogP contribution in [0.15, 0.2) is 18.2 Å². The monoisotopic (exact) mass is 294 g/mol. The largest absolute Gasteiger partial charge is 0.390 e. The van der Waals surface area contributed by atoms with Crippen LogP contribution in [-0.4, -0.2) is 29.3 Å². The zero-order valence-electron chi connectivity index (χ0n) is 13.5. The van der Waals surface area contributed by atoms with E-state index in [1.165, 1.54) is 6.07 Å². The number of nitrogens with one attached hydrogen (secondary N) is 1. The summed E-state index contributed by atoms with van der Waals surface area (Å²) in [6.07, 6.45) is 1.35. The Morgan fingerprint density at radius 1 is 1.29 bits per heavy atom. The van der Waals surface area contributed by atoms with Gasteiger partial charge in [0.15, 0.2) is 0 Å². The Balaban J connectivity index is 2.18. The third-order valence-corrected chi connectivity index (χ3v) is 4.04. The fourth-order valence-corrected chi connectivity index (χ4v) is 2.63. The highest BCUT2D eigenvalue weighted by Crippen LogP contribution is 2.30. The van der Waals surface area contributed by atoms with Crippen LogP contribution in [0.25, 0.3) is 0 Å². The van der Waals surface area contributed by atoms with E-state index < -0.39 is 5.60 Å². The second-order valence-electron chi connectivity index (χ2n) is 7.34. The number of halogens is 1. The molecule has 21 heavy (non-hydrogen) atoms. The van der Waals surface area contributed by atoms with Crippen LogP contribution in [0, 0.1) is 5.82 Å². The topological polar surface area (TPSA) is 35.5 Å². The van der Waals surface area contributed by atoms with Crippen molar-refractivity contribution in [2.45, 2.75) is 58.2 Å². The molecule has 2 rings (SSSR count). The molecule has 0 aliphatic carbocycles. The van der Waals surface area contributed by atoms with Gasteiger partial charge in [0.05, 0.1) is 11.3 Å². The van der Waals surface area contributed by atoms with Crippen LogP contribution in [-0.2, 0) is 6.54 Å². The molecule has 1 aliphatic heterocycles. The molecule has 1 saturated heterocycles. The summed E-state index contributed by atoms with van der Waals surface area (Å²) < 4.78 is 14.3. The van der Waals surface area contributed by atoms with Crippen LogP contribution < -0.4 is 10.2 Å². The van der Waals surface area contributed by atoms with Crippen molar-refractivity contribution in [3.05, 3.63) is 29.6 Å². The lowest BCUT2D eigenvalue weighted by atomic mass is 9.93. The first-order valence-corrected chi connectivity index (χ1v) is 7.68. The molecule has 0 unspecified atom stereocenters. The maximum Gasteiger partial charge on any atom is 0.146 e. The van der Waals surface area contributed by atoms with Crippen molar-refractivity contribution in [3.63, 3.8) is 0 Å². The van der Waals surface area contributed by atoms with Gasteiger partial charge in [-0.1, -0.05) is 12.1 Å². The van der Waals surface area contributed by atoms with E-state index in [-0.39, 0.29) is 11.4 Å². The van der Waals surface area contributed by atoms with Gasteiger partial charge in [0, 0.05) is 25.2 Å². The predicted octanol–water partition coefficient (Wildman–Crippen LogP) is 3.07. The van der Waals surface area contributed by atoms with E-state index in [1.54, 1.807) is 6.07 Å². The zero-order chi connectivity index (χ0) is 15.7. The molecule has 0 spiro atoms. The molecule has 3 nitrogen and oxygen atoms in total. The van der Waals surface area contributed by atoms with Crippen molar-refractivity contribution in [2.24, 2.45) is 0 Å². The summed E-state index contributed by atoms with van der Waals surface area (Å²) in [5.74, 6) is -0.176. The van der Waals surface area contributed by atoms with Gasteiger partial charge in [-0.15, -0.1) is 0 Å². The SMILES string of the molecule is CC1(O)CCN(c2c(F)cccc2CNC(C)(C)C)CC1. The van der Waals surface area contributed by atoms with Crippen LogP contribution in [0.5, 0.6) is 0 Å². The first-order chi connectivity index (χ1) is 9.68. The summed E-state index contributed by atoms with van der Waals surface area (Å²) in [5, 5.41) is 13.5. The van der Waals surface area contributed by atoms with E-state index in [4.69, 9.17) is 0 Å². The molecule has 0 bridgehead atoms. The van der Waals surface area contributed by atoms with Crippen LogP contribution >= 0.6 is 0 Å². The fourth-order valence-electron chi connectivity index (χ4n) is 2.63. The van der Waals surface area contributed by atoms with E-state index in [9.17, 15) is 9.50 Å². The molecule has 1 aromatic carbocycles. The summed E-state index contributed by atoms with van der Waals surface area (Å²) in [4.78, 5) is 2.06. The molecule has 1 fully saturated rings. The van der Waals surface area contributed by atoms with Gasteiger partial charge in [-0.3, -0.25) is 0 Å². The van der Waals surface area contributed by atoms with Gasteiger partial charge in [0.1, 0.15) is 5.82 Å². The lowest BCUT2D eigenvalue weighted by Crippen LogP contribution is -2.43. The summed E-state index contributed by atoms with van der Waals surface area (Å²) in [7, 11) is 0. The Hall–Kier alpha value is -1.13. The Morgan fingerprint density at radius 3 is 2.48 bits per heavy atom. The van der Waals surface area contributed by atoms with E-state index in [2.05, 4.69) is 31.0 Å². The van der Waals surface area contributed by atoms with Crippen molar-refractivity contribution in [1.82, 2.24) is 5.32 Å². The summed E-state index contributed by atoms with van der Waals surface area (Å²) >= 11 is 0. The number of rotatable bonds is 3. The molecule has 1 aromatic rings. The highest BCUT2D eigenvalue weighted by Gasteiger charge is 2.29. The quantitative estimate of drug-likeness (QED) is 0.899. The first-order valence-electron chi connectivity index (χ1n) is 7.68. The lowest BCUT2D eigenvalue weighted by molar-refractivity contribution is 0.0350. The molecular weight excluding hydrogens is 267 g/mol. The van der Waals surface area contributed by atoms with E-state index in [0.717, 1.165) is 5.56 Å². The molecular formula is C17H27FN2O. The fraction of sp³-hybridized carbons (Fsp3) is 0.647. The van der Waals surface area contributed by atoms with Crippen LogP contribution in [0.2, 0.25) is 0 Å². The second kappa shape index (κ2) is 5.93. The molecule has 1 heterocycles. The molecule has 0 radical (unpaired) electrons. The molecule has 0 aromatic heterocycles. The molecule has 0 amide bonds. The van der Waals surface area contributed by atoms with E-state index in [0.29, 0.717) is 38.2 Å². The Bertz CT molecular complexity index is 484. The van der Waals surface area contributed by atoms with E-state index in [1.807, 2.05) is 13.0 Å². The van der Waals surface area contributed by atoms with Gasteiger partial charge in [0.2, 0.25) is 0 Å². The van der Waals surface area contributed by atoms with E-state index >= 15 is 0 Å². The summed E-state index contributed by atoms with van der Waals surface area (Å²) in [6.45, 7) is 10.2. The van der Waals surface area contributed by atoms with Gasteiger partial charge >= 0.3 is 0 Å². The Labute approximate surface area is 127 Å². The van der Waals surface area contributed by atoms with Crippen LogP contribution in [0.1, 0.15) is 46.1 Å². The van der Waals surface area contributed by atoms with Crippen molar-refractivity contribution >= 4 is 5.69 Å². The van der Waals surface area contributed by atoms with Crippen molar-refractivity contribution in [3.8, 4) is 0 Å². The molecule has 0 saturated carbocycles. The number of hydrogen-bond acceptors (Lipinski definition) is 3. The first kappa shape index (κ1) is 16.2. The standard InChI is InChI=1S/C17H27FN2O/c1-16(2,3)19-12-13-6-5-7-14(18)15(13)20-10-8-17(4,21)9-11-20/h5-7,19,21H,8-12H2,1-4H3. The number of piperidine rings is 1. The molecule has 1 aliphatic rings. The highest BCUT2D eigenvalue weighted by molar-refractivity contribution is 5.55. The molecule has 4 heteroatoms. The number of anilines is 1. The van der Waals surface area contributed by atoms with Crippen LogP contribution in [0.3, 0.4) is 0 Å². The minimum atomic E-state index is -0.619. The normalized spacial score (nSPS) is 18.9. The van der Waals surface area contributed by atoms with Gasteiger partial charge in [-0.05, 0) is 52.2 Å². The summed E-state index contributed by atoms with van der Waals surface area (Å²) in [5.41, 5.74) is 1.04. The van der Waals surface area contributed by atoms with Crippen molar-refractivity contribution < 1.29 is 9.50 Å². The molecule has 2 N–H and O–H groups in total. The van der Waals surface area contributed by atoms with Gasteiger partial charge < -0.3 is 15.3 Å². The smallest absolute Gasteiger partial charge is 0.146 e. The molecule has 0 atom stereocenters. The summed E-state index contributed by atoms with van der Waals surface area (Å²) in [6, 6.07) is 5.26.